The van der Waals surface area contributed by atoms with Crippen LogP contribution in [-0.2, 0) is 4.79 Å². The Morgan fingerprint density at radius 1 is 1.00 bits per heavy atom. The van der Waals surface area contributed by atoms with Gasteiger partial charge in [-0.15, -0.1) is 0 Å². The quantitative estimate of drug-likeness (QED) is 0.447. The number of rotatable bonds is 7. The highest BCUT2D eigenvalue weighted by Gasteiger charge is 2.31. The van der Waals surface area contributed by atoms with E-state index in [1.807, 2.05) is 11.0 Å². The first-order chi connectivity index (χ1) is 20.5. The lowest BCUT2D eigenvalue weighted by Crippen LogP contribution is -2.49. The molecule has 3 aromatic rings. The summed E-state index contributed by atoms with van der Waals surface area (Å²) in [6, 6.07) is 7.37. The van der Waals surface area contributed by atoms with Gasteiger partial charge < -0.3 is 24.5 Å². The van der Waals surface area contributed by atoms with Gasteiger partial charge in [-0.3, -0.25) is 14.5 Å². The Kier molecular flexibility index (Phi) is 8.95. The van der Waals surface area contributed by atoms with E-state index in [1.54, 1.807) is 6.20 Å². The minimum atomic E-state index is -0.455. The number of nitrogens with zero attached hydrogens (tertiary/aromatic N) is 5. The van der Waals surface area contributed by atoms with E-state index in [1.165, 1.54) is 43.5 Å². The molecule has 4 heterocycles. The minimum absolute atomic E-state index is 0.0155. The molecule has 11 heteroatoms. The summed E-state index contributed by atoms with van der Waals surface area (Å²) in [7, 11) is 0. The number of fused-ring (bicyclic) bond motifs is 1. The average Bonchev–Trinajstić information content (AvgIpc) is 3.39. The molecule has 2 amide bonds. The highest BCUT2D eigenvalue weighted by atomic mass is 19.1. The predicted octanol–water partition coefficient (Wildman–Crippen LogP) is 3.27. The fourth-order valence-corrected chi connectivity index (χ4v) is 6.49. The van der Waals surface area contributed by atoms with E-state index in [0.29, 0.717) is 23.7 Å². The standard InChI is InChI=1S/C31H40FN7O3/c32-24-8-4-22(5-9-24)29(40)36-31-35-26-21-34-28(42-19-18-37-14-2-1-3-15-37)20-27(26)39(31)25-10-6-23(7-11-25)30(41)38-16-12-33-13-17-38/h4-5,8-9,20-21,23,25,33H,1-3,6-7,10-19H2,(H,35,36,40)/t23-,25+. The molecule has 6 rings (SSSR count). The smallest absolute Gasteiger partial charge is 0.280 e. The zero-order chi connectivity index (χ0) is 28.9. The number of ether oxygens (including phenoxy) is 1. The molecule has 2 aliphatic heterocycles. The zero-order valence-corrected chi connectivity index (χ0v) is 24.1. The maximum Gasteiger partial charge on any atom is 0.280 e. The van der Waals surface area contributed by atoms with Gasteiger partial charge in [0.25, 0.3) is 5.91 Å². The molecule has 0 spiro atoms. The van der Waals surface area contributed by atoms with Crippen LogP contribution < -0.4 is 15.7 Å². The van der Waals surface area contributed by atoms with Crippen molar-refractivity contribution in [2.24, 2.45) is 10.9 Å². The number of halogens is 1. The zero-order valence-electron chi connectivity index (χ0n) is 24.1. The molecule has 2 saturated heterocycles. The summed E-state index contributed by atoms with van der Waals surface area (Å²) in [5.74, 6) is -0.0565. The number of H-pyrrole nitrogens is 1. The molecule has 0 bridgehead atoms. The van der Waals surface area contributed by atoms with Crippen molar-refractivity contribution in [2.45, 2.75) is 51.0 Å². The Labute approximate surface area is 245 Å². The topological polar surface area (TPSA) is 108 Å². The lowest BCUT2D eigenvalue weighted by Gasteiger charge is -2.34. The highest BCUT2D eigenvalue weighted by molar-refractivity contribution is 5.94. The number of benzene rings is 1. The van der Waals surface area contributed by atoms with Crippen molar-refractivity contribution >= 4 is 22.8 Å². The number of aromatic nitrogens is 3. The van der Waals surface area contributed by atoms with Crippen molar-refractivity contribution in [1.82, 2.24) is 29.7 Å². The maximum atomic E-state index is 13.5. The summed E-state index contributed by atoms with van der Waals surface area (Å²) in [5.41, 5.74) is 2.35. The summed E-state index contributed by atoms with van der Waals surface area (Å²) in [4.78, 5) is 42.9. The molecule has 42 heavy (non-hydrogen) atoms. The van der Waals surface area contributed by atoms with E-state index < -0.39 is 11.7 Å². The number of piperidine rings is 1. The summed E-state index contributed by atoms with van der Waals surface area (Å²) >= 11 is 0. The SMILES string of the molecule is O=C(/N=c1\[nH]c2cnc(OCCN3CCCCC3)cc2n1[C@H]1CC[C@@H](C(=O)N2CCNCC2)CC1)c1ccc(F)cc1. The number of piperazine rings is 1. The maximum absolute atomic E-state index is 13.5. The number of likely N-dealkylation sites (tertiary alicyclic amines) is 1. The van der Waals surface area contributed by atoms with Gasteiger partial charge in [0.15, 0.2) is 0 Å². The van der Waals surface area contributed by atoms with Crippen LogP contribution in [0.25, 0.3) is 11.0 Å². The van der Waals surface area contributed by atoms with Gasteiger partial charge in [0.1, 0.15) is 12.4 Å². The number of aromatic amines is 1. The minimum Gasteiger partial charge on any atom is -0.476 e. The van der Waals surface area contributed by atoms with Gasteiger partial charge in [0.05, 0.1) is 17.2 Å². The second-order valence-electron chi connectivity index (χ2n) is 11.6. The van der Waals surface area contributed by atoms with Gasteiger partial charge in [0, 0.05) is 56.3 Å². The van der Waals surface area contributed by atoms with Crippen molar-refractivity contribution in [3.63, 3.8) is 0 Å². The second kappa shape index (κ2) is 13.2. The highest BCUT2D eigenvalue weighted by Crippen LogP contribution is 2.34. The number of hydrogen-bond donors (Lipinski definition) is 2. The second-order valence-corrected chi connectivity index (χ2v) is 11.6. The largest absolute Gasteiger partial charge is 0.476 e. The number of hydrogen-bond acceptors (Lipinski definition) is 6. The first kappa shape index (κ1) is 28.5. The molecule has 224 valence electrons. The van der Waals surface area contributed by atoms with Crippen molar-refractivity contribution < 1.29 is 18.7 Å². The van der Waals surface area contributed by atoms with Crippen LogP contribution in [0.5, 0.6) is 5.88 Å². The van der Waals surface area contributed by atoms with Gasteiger partial charge in [-0.25, -0.2) is 9.37 Å². The van der Waals surface area contributed by atoms with E-state index in [4.69, 9.17) is 4.74 Å². The molecular formula is C31H40FN7O3. The van der Waals surface area contributed by atoms with Gasteiger partial charge in [-0.1, -0.05) is 6.42 Å². The predicted molar refractivity (Wildman–Crippen MR) is 157 cm³/mol. The lowest BCUT2D eigenvalue weighted by atomic mass is 9.85. The Morgan fingerprint density at radius 2 is 1.74 bits per heavy atom. The van der Waals surface area contributed by atoms with E-state index in [9.17, 15) is 14.0 Å². The molecule has 2 aromatic heterocycles. The van der Waals surface area contributed by atoms with Gasteiger partial charge in [-0.05, 0) is 75.9 Å². The fourth-order valence-electron chi connectivity index (χ4n) is 6.49. The summed E-state index contributed by atoms with van der Waals surface area (Å²) < 4.78 is 21.6. The van der Waals surface area contributed by atoms with Crippen LogP contribution in [-0.4, -0.2) is 88.6 Å². The van der Waals surface area contributed by atoms with Crippen molar-refractivity contribution in [2.75, 3.05) is 52.4 Å². The number of carbonyl (C=O) groups is 2. The van der Waals surface area contributed by atoms with Crippen LogP contribution in [0.1, 0.15) is 61.3 Å². The molecule has 1 saturated carbocycles. The molecule has 1 aromatic carbocycles. The van der Waals surface area contributed by atoms with E-state index >= 15 is 0 Å². The van der Waals surface area contributed by atoms with Crippen molar-refractivity contribution in [3.8, 4) is 5.88 Å². The Bertz CT molecular complexity index is 1450. The Hall–Kier alpha value is -3.57. The van der Waals surface area contributed by atoms with Crippen LogP contribution >= 0.6 is 0 Å². The fraction of sp³-hybridized carbons (Fsp3) is 0.548. The third kappa shape index (κ3) is 6.57. The average molecular weight is 578 g/mol. The van der Waals surface area contributed by atoms with E-state index in [0.717, 1.165) is 82.5 Å². The number of imidazole rings is 1. The monoisotopic (exact) mass is 577 g/mol. The first-order valence-corrected chi connectivity index (χ1v) is 15.3. The lowest BCUT2D eigenvalue weighted by molar-refractivity contribution is -0.137. The number of pyridine rings is 1. The van der Waals surface area contributed by atoms with Crippen LogP contribution in [0, 0.1) is 11.7 Å². The molecule has 10 nitrogen and oxygen atoms in total. The van der Waals surface area contributed by atoms with E-state index in [-0.39, 0.29) is 17.9 Å². The van der Waals surface area contributed by atoms with Gasteiger partial charge in [-0.2, -0.15) is 4.99 Å². The molecular weight excluding hydrogens is 537 g/mol. The Balaban J connectivity index is 1.25. The van der Waals surface area contributed by atoms with Gasteiger partial charge >= 0.3 is 0 Å². The van der Waals surface area contributed by atoms with Crippen LogP contribution in [0.15, 0.2) is 41.5 Å². The van der Waals surface area contributed by atoms with Crippen LogP contribution in [0.4, 0.5) is 4.39 Å². The summed E-state index contributed by atoms with van der Waals surface area (Å²) in [5, 5.41) is 3.31. The molecule has 3 fully saturated rings. The van der Waals surface area contributed by atoms with Gasteiger partial charge in [0.2, 0.25) is 17.4 Å². The summed E-state index contributed by atoms with van der Waals surface area (Å²) in [6.07, 6.45) is 8.64. The molecule has 2 N–H and O–H groups in total. The molecule has 0 radical (unpaired) electrons. The molecule has 0 atom stereocenters. The molecule has 3 aliphatic rings. The Morgan fingerprint density at radius 3 is 2.48 bits per heavy atom. The number of amides is 2. The van der Waals surface area contributed by atoms with E-state index in [2.05, 4.69) is 29.7 Å². The van der Waals surface area contributed by atoms with Crippen molar-refractivity contribution in [1.29, 1.82) is 0 Å². The van der Waals surface area contributed by atoms with Crippen molar-refractivity contribution in [3.05, 3.63) is 53.5 Å². The van der Waals surface area contributed by atoms with Crippen LogP contribution in [0.3, 0.4) is 0 Å². The number of carbonyl (C=O) groups excluding carboxylic acids is 2. The normalized spacial score (nSPS) is 22.4. The third-order valence-electron chi connectivity index (χ3n) is 8.84. The van der Waals surface area contributed by atoms with Crippen LogP contribution in [0.2, 0.25) is 0 Å². The molecule has 1 aliphatic carbocycles. The molecule has 0 unspecified atom stereocenters. The summed E-state index contributed by atoms with van der Waals surface area (Å²) in [6.45, 7) is 6.86. The number of nitrogens with one attached hydrogen (secondary N) is 2. The first-order valence-electron chi connectivity index (χ1n) is 15.3. The third-order valence-corrected chi connectivity index (χ3v) is 8.84.